The number of carbonyl (C=O) groups is 2. The van der Waals surface area contributed by atoms with Gasteiger partial charge >= 0.3 is 0 Å². The van der Waals surface area contributed by atoms with Crippen LogP contribution in [0.1, 0.15) is 41.4 Å². The number of likely N-dealkylation sites (tertiary alicyclic amines) is 1. The zero-order valence-corrected chi connectivity index (χ0v) is 12.9. The third kappa shape index (κ3) is 3.62. The summed E-state index contributed by atoms with van der Waals surface area (Å²) in [7, 11) is 0. The smallest absolute Gasteiger partial charge is 0.286 e. The van der Waals surface area contributed by atoms with E-state index in [2.05, 4.69) is 17.4 Å². The Morgan fingerprint density at radius 3 is 2.74 bits per heavy atom. The number of hydrogen-bond donors (Lipinski definition) is 1. The van der Waals surface area contributed by atoms with Crippen LogP contribution in [0.15, 0.2) is 53.1 Å². The van der Waals surface area contributed by atoms with Crippen LogP contribution < -0.4 is 5.32 Å². The van der Waals surface area contributed by atoms with E-state index in [1.54, 1.807) is 12.1 Å². The predicted molar refractivity (Wildman–Crippen MR) is 85.8 cm³/mol. The molecule has 1 aromatic carbocycles. The predicted octanol–water partition coefficient (Wildman–Crippen LogP) is 2.76. The molecular weight excluding hydrogens is 292 g/mol. The third-order valence-corrected chi connectivity index (χ3v) is 4.13. The molecule has 1 saturated heterocycles. The molecule has 5 nitrogen and oxygen atoms in total. The number of carbonyl (C=O) groups excluding carboxylic acids is 2. The maximum absolute atomic E-state index is 12.4. The average molecular weight is 312 g/mol. The fourth-order valence-corrected chi connectivity index (χ4v) is 3.01. The molecule has 120 valence electrons. The minimum absolute atomic E-state index is 0.0797. The van der Waals surface area contributed by atoms with Gasteiger partial charge in [0.2, 0.25) is 5.91 Å². The summed E-state index contributed by atoms with van der Waals surface area (Å²) in [5.41, 5.74) is 1.18. The number of nitrogens with zero attached hydrogens (tertiary/aromatic N) is 1. The second-order valence-electron chi connectivity index (χ2n) is 5.64. The van der Waals surface area contributed by atoms with Crippen molar-refractivity contribution in [3.63, 3.8) is 0 Å². The van der Waals surface area contributed by atoms with E-state index in [0.717, 1.165) is 19.4 Å². The number of rotatable bonds is 5. The van der Waals surface area contributed by atoms with Crippen molar-refractivity contribution in [3.05, 3.63) is 60.1 Å². The average Bonchev–Trinajstić information content (AvgIpc) is 3.27. The van der Waals surface area contributed by atoms with Crippen LogP contribution in [-0.2, 0) is 4.79 Å². The molecule has 2 aromatic rings. The number of furan rings is 1. The van der Waals surface area contributed by atoms with Crippen molar-refractivity contribution in [1.29, 1.82) is 0 Å². The van der Waals surface area contributed by atoms with Crippen LogP contribution in [0.5, 0.6) is 0 Å². The lowest BCUT2D eigenvalue weighted by molar-refractivity contribution is -0.132. The first-order valence-corrected chi connectivity index (χ1v) is 7.92. The molecule has 0 spiro atoms. The summed E-state index contributed by atoms with van der Waals surface area (Å²) in [5.74, 6) is 0.0562. The monoisotopic (exact) mass is 312 g/mol. The maximum atomic E-state index is 12.4. The van der Waals surface area contributed by atoms with Gasteiger partial charge in [-0.2, -0.15) is 0 Å². The van der Waals surface area contributed by atoms with Crippen LogP contribution in [0.2, 0.25) is 0 Å². The Labute approximate surface area is 135 Å². The second-order valence-corrected chi connectivity index (χ2v) is 5.64. The first-order chi connectivity index (χ1) is 11.3. The van der Waals surface area contributed by atoms with Crippen molar-refractivity contribution in [2.45, 2.75) is 25.3 Å². The van der Waals surface area contributed by atoms with E-state index in [-0.39, 0.29) is 23.6 Å². The van der Waals surface area contributed by atoms with Gasteiger partial charge in [-0.1, -0.05) is 30.3 Å². The molecule has 1 aliphatic rings. The highest BCUT2D eigenvalue weighted by molar-refractivity contribution is 5.91. The molecule has 1 N–H and O–H groups in total. The molecule has 2 amide bonds. The van der Waals surface area contributed by atoms with Gasteiger partial charge in [0.25, 0.3) is 5.91 Å². The van der Waals surface area contributed by atoms with E-state index in [0.29, 0.717) is 13.0 Å². The van der Waals surface area contributed by atoms with E-state index >= 15 is 0 Å². The summed E-state index contributed by atoms with van der Waals surface area (Å²) in [4.78, 5) is 26.1. The fraction of sp³-hybridized carbons (Fsp3) is 0.333. The van der Waals surface area contributed by atoms with Crippen LogP contribution in [0.4, 0.5) is 0 Å². The summed E-state index contributed by atoms with van der Waals surface area (Å²) < 4.78 is 5.02. The summed E-state index contributed by atoms with van der Waals surface area (Å²) in [5, 5.41) is 2.71. The summed E-state index contributed by atoms with van der Waals surface area (Å²) in [6, 6.07) is 13.5. The quantitative estimate of drug-likeness (QED) is 0.923. The van der Waals surface area contributed by atoms with Crippen molar-refractivity contribution in [1.82, 2.24) is 10.2 Å². The molecule has 1 aliphatic heterocycles. The SMILES string of the molecule is O=C(NCCC(=O)N1CCCC1c1ccccc1)c1ccco1. The van der Waals surface area contributed by atoms with E-state index in [1.807, 2.05) is 23.1 Å². The third-order valence-electron chi connectivity index (χ3n) is 4.13. The summed E-state index contributed by atoms with van der Waals surface area (Å²) in [6.45, 7) is 1.10. The lowest BCUT2D eigenvalue weighted by atomic mass is 10.0. The van der Waals surface area contributed by atoms with Gasteiger partial charge in [-0.15, -0.1) is 0 Å². The lowest BCUT2D eigenvalue weighted by Gasteiger charge is -2.25. The van der Waals surface area contributed by atoms with Gasteiger partial charge < -0.3 is 14.6 Å². The Balaban J connectivity index is 1.52. The van der Waals surface area contributed by atoms with Gasteiger partial charge in [-0.05, 0) is 30.5 Å². The number of benzene rings is 1. The normalized spacial score (nSPS) is 17.2. The van der Waals surface area contributed by atoms with Gasteiger partial charge in [0.1, 0.15) is 0 Å². The van der Waals surface area contributed by atoms with E-state index in [4.69, 9.17) is 4.42 Å². The molecule has 1 fully saturated rings. The highest BCUT2D eigenvalue weighted by Crippen LogP contribution is 2.32. The largest absolute Gasteiger partial charge is 0.459 e. The van der Waals surface area contributed by atoms with Crippen molar-refractivity contribution in [2.75, 3.05) is 13.1 Å². The molecule has 3 rings (SSSR count). The van der Waals surface area contributed by atoms with Crippen molar-refractivity contribution < 1.29 is 14.0 Å². The molecule has 0 aliphatic carbocycles. The Bertz CT molecular complexity index is 652. The summed E-state index contributed by atoms with van der Waals surface area (Å²) in [6.07, 6.45) is 3.77. The van der Waals surface area contributed by atoms with Crippen LogP contribution >= 0.6 is 0 Å². The molecule has 2 heterocycles. The Kier molecular flexibility index (Phi) is 4.76. The molecule has 0 saturated carbocycles. The standard InChI is InChI=1S/C18H20N2O3/c21-17(10-11-19-18(22)16-9-5-13-23-16)20-12-4-8-15(20)14-6-2-1-3-7-14/h1-3,5-7,9,13,15H,4,8,10-12H2,(H,19,22). The number of nitrogens with one attached hydrogen (secondary N) is 1. The van der Waals surface area contributed by atoms with Crippen LogP contribution in [0.3, 0.4) is 0 Å². The molecule has 0 radical (unpaired) electrons. The first-order valence-electron chi connectivity index (χ1n) is 7.92. The summed E-state index contributed by atoms with van der Waals surface area (Å²) >= 11 is 0. The van der Waals surface area contributed by atoms with Crippen molar-refractivity contribution in [3.8, 4) is 0 Å². The van der Waals surface area contributed by atoms with E-state index in [9.17, 15) is 9.59 Å². The number of hydrogen-bond acceptors (Lipinski definition) is 3. The highest BCUT2D eigenvalue weighted by atomic mass is 16.3. The van der Waals surface area contributed by atoms with Gasteiger partial charge in [0, 0.05) is 19.5 Å². The molecule has 5 heteroatoms. The topological polar surface area (TPSA) is 62.6 Å². The Morgan fingerprint density at radius 1 is 1.17 bits per heavy atom. The molecule has 23 heavy (non-hydrogen) atoms. The minimum atomic E-state index is -0.288. The van der Waals surface area contributed by atoms with Crippen molar-refractivity contribution in [2.24, 2.45) is 0 Å². The van der Waals surface area contributed by atoms with Crippen LogP contribution in [0.25, 0.3) is 0 Å². The van der Waals surface area contributed by atoms with Crippen LogP contribution in [-0.4, -0.2) is 29.8 Å². The van der Waals surface area contributed by atoms with Gasteiger partial charge in [-0.25, -0.2) is 0 Å². The van der Waals surface area contributed by atoms with Gasteiger partial charge in [-0.3, -0.25) is 9.59 Å². The first kappa shape index (κ1) is 15.3. The van der Waals surface area contributed by atoms with E-state index < -0.39 is 0 Å². The molecule has 1 unspecified atom stereocenters. The zero-order valence-electron chi connectivity index (χ0n) is 12.9. The van der Waals surface area contributed by atoms with Crippen LogP contribution in [0, 0.1) is 0 Å². The zero-order chi connectivity index (χ0) is 16.1. The molecule has 1 atom stereocenters. The number of amides is 2. The molecule has 1 aromatic heterocycles. The fourth-order valence-electron chi connectivity index (χ4n) is 3.01. The van der Waals surface area contributed by atoms with Crippen molar-refractivity contribution >= 4 is 11.8 Å². The molecular formula is C18H20N2O3. The highest BCUT2D eigenvalue weighted by Gasteiger charge is 2.29. The molecule has 0 bridgehead atoms. The minimum Gasteiger partial charge on any atom is -0.459 e. The van der Waals surface area contributed by atoms with E-state index in [1.165, 1.54) is 11.8 Å². The second kappa shape index (κ2) is 7.13. The Morgan fingerprint density at radius 2 is 2.00 bits per heavy atom. The van der Waals surface area contributed by atoms with Gasteiger partial charge in [0.15, 0.2) is 5.76 Å². The maximum Gasteiger partial charge on any atom is 0.286 e. The lowest BCUT2D eigenvalue weighted by Crippen LogP contribution is -2.34. The Hall–Kier alpha value is -2.56. The van der Waals surface area contributed by atoms with Gasteiger partial charge in [0.05, 0.1) is 12.3 Å².